The van der Waals surface area contributed by atoms with E-state index in [1.165, 1.54) is 22.6 Å². The summed E-state index contributed by atoms with van der Waals surface area (Å²) < 4.78 is 12.8. The maximum Gasteiger partial charge on any atom is 0.123 e. The zero-order valence-electron chi connectivity index (χ0n) is 11.3. The summed E-state index contributed by atoms with van der Waals surface area (Å²) in [5.41, 5.74) is 1.89. The van der Waals surface area contributed by atoms with Crippen LogP contribution in [-0.2, 0) is 6.54 Å². The fourth-order valence-corrected chi connectivity index (χ4v) is 2.31. The van der Waals surface area contributed by atoms with Gasteiger partial charge in [0, 0.05) is 18.0 Å². The number of nitrogens with one attached hydrogen (secondary N) is 1. The molecular weight excluding hydrogens is 273 g/mol. The topological polar surface area (TPSA) is 32.3 Å². The highest BCUT2D eigenvalue weighted by Gasteiger charge is 2.06. The van der Waals surface area contributed by atoms with Crippen molar-refractivity contribution in [2.24, 2.45) is 0 Å². The van der Waals surface area contributed by atoms with E-state index in [9.17, 15) is 9.50 Å². The predicted molar refractivity (Wildman–Crippen MR) is 81.3 cm³/mol. The van der Waals surface area contributed by atoms with Gasteiger partial charge in [0.15, 0.2) is 0 Å². The highest BCUT2D eigenvalue weighted by atomic mass is 32.2. The zero-order valence-corrected chi connectivity index (χ0v) is 12.2. The Hall–Kier alpha value is -1.36. The van der Waals surface area contributed by atoms with Gasteiger partial charge in [0.25, 0.3) is 0 Å². The molecule has 4 heteroatoms. The fraction of sp³-hybridized carbons (Fsp3) is 0.250. The lowest BCUT2D eigenvalue weighted by molar-refractivity contribution is 0.174. The van der Waals surface area contributed by atoms with Crippen LogP contribution in [0.15, 0.2) is 53.4 Å². The number of hydrogen-bond donors (Lipinski definition) is 2. The van der Waals surface area contributed by atoms with Crippen LogP contribution < -0.4 is 5.32 Å². The Morgan fingerprint density at radius 1 is 1.10 bits per heavy atom. The summed E-state index contributed by atoms with van der Waals surface area (Å²) in [5, 5.41) is 13.2. The molecule has 0 aliphatic carbocycles. The summed E-state index contributed by atoms with van der Waals surface area (Å²) in [6.45, 7) is 1.14. The monoisotopic (exact) mass is 291 g/mol. The molecule has 0 aliphatic rings. The van der Waals surface area contributed by atoms with Crippen LogP contribution in [0.5, 0.6) is 0 Å². The van der Waals surface area contributed by atoms with Crippen molar-refractivity contribution in [3.05, 3.63) is 65.5 Å². The zero-order chi connectivity index (χ0) is 14.4. The number of hydrogen-bond acceptors (Lipinski definition) is 3. The van der Waals surface area contributed by atoms with Crippen molar-refractivity contribution in [2.75, 3.05) is 12.8 Å². The number of aliphatic hydroxyl groups excluding tert-OH is 1. The lowest BCUT2D eigenvalue weighted by atomic mass is 10.1. The van der Waals surface area contributed by atoms with E-state index in [2.05, 4.69) is 29.6 Å². The second-order valence-electron chi connectivity index (χ2n) is 4.55. The summed E-state index contributed by atoms with van der Waals surface area (Å²) in [4.78, 5) is 1.24. The van der Waals surface area contributed by atoms with Crippen LogP contribution in [0.3, 0.4) is 0 Å². The van der Waals surface area contributed by atoms with Crippen molar-refractivity contribution in [2.45, 2.75) is 17.5 Å². The quantitative estimate of drug-likeness (QED) is 0.800. The number of aliphatic hydroxyl groups is 1. The van der Waals surface area contributed by atoms with Gasteiger partial charge in [0.05, 0.1) is 6.10 Å². The molecule has 2 aromatic rings. The van der Waals surface area contributed by atoms with E-state index in [4.69, 9.17) is 0 Å². The average molecular weight is 291 g/mol. The standard InChI is InChI=1S/C16H18FNOS/c1-20-15-8-2-12(3-9-15)10-18-11-16(19)13-4-6-14(17)7-5-13/h2-9,16,18-19H,10-11H2,1H3. The number of rotatable bonds is 6. The Labute approximate surface area is 123 Å². The molecule has 2 rings (SSSR count). The van der Waals surface area contributed by atoms with Crippen LogP contribution in [-0.4, -0.2) is 17.9 Å². The summed E-state index contributed by atoms with van der Waals surface area (Å²) in [6.07, 6.45) is 1.42. The van der Waals surface area contributed by atoms with Crippen LogP contribution >= 0.6 is 11.8 Å². The molecule has 1 atom stereocenters. The normalized spacial score (nSPS) is 12.3. The van der Waals surface area contributed by atoms with Gasteiger partial charge in [-0.15, -0.1) is 11.8 Å². The molecular formula is C16H18FNOS. The van der Waals surface area contributed by atoms with E-state index in [0.717, 1.165) is 5.56 Å². The van der Waals surface area contributed by atoms with Crippen molar-refractivity contribution < 1.29 is 9.50 Å². The molecule has 0 aliphatic heterocycles. The van der Waals surface area contributed by atoms with Crippen LogP contribution in [0.4, 0.5) is 4.39 Å². The molecule has 2 aromatic carbocycles. The van der Waals surface area contributed by atoms with E-state index in [1.54, 1.807) is 23.9 Å². The molecule has 0 saturated carbocycles. The van der Waals surface area contributed by atoms with E-state index >= 15 is 0 Å². The second kappa shape index (κ2) is 7.43. The van der Waals surface area contributed by atoms with E-state index in [-0.39, 0.29) is 5.82 Å². The molecule has 0 bridgehead atoms. The smallest absolute Gasteiger partial charge is 0.123 e. The van der Waals surface area contributed by atoms with E-state index < -0.39 is 6.10 Å². The number of halogens is 1. The van der Waals surface area contributed by atoms with Crippen LogP contribution in [0.1, 0.15) is 17.2 Å². The molecule has 2 nitrogen and oxygen atoms in total. The van der Waals surface area contributed by atoms with Crippen LogP contribution in [0, 0.1) is 5.82 Å². The molecule has 106 valence electrons. The minimum atomic E-state index is -0.624. The first-order valence-electron chi connectivity index (χ1n) is 6.46. The van der Waals surface area contributed by atoms with Gasteiger partial charge < -0.3 is 10.4 Å². The van der Waals surface area contributed by atoms with Gasteiger partial charge in [-0.3, -0.25) is 0 Å². The number of thioether (sulfide) groups is 1. The fourth-order valence-electron chi connectivity index (χ4n) is 1.90. The lowest BCUT2D eigenvalue weighted by Crippen LogP contribution is -2.21. The first-order valence-corrected chi connectivity index (χ1v) is 7.68. The molecule has 1 unspecified atom stereocenters. The van der Waals surface area contributed by atoms with Gasteiger partial charge in [0.2, 0.25) is 0 Å². The molecule has 0 heterocycles. The highest BCUT2D eigenvalue weighted by Crippen LogP contribution is 2.15. The summed E-state index contributed by atoms with van der Waals surface area (Å²) >= 11 is 1.71. The third-order valence-electron chi connectivity index (χ3n) is 3.08. The molecule has 20 heavy (non-hydrogen) atoms. The summed E-state index contributed by atoms with van der Waals surface area (Å²) in [6, 6.07) is 14.2. The van der Waals surface area contributed by atoms with Crippen molar-refractivity contribution in [1.29, 1.82) is 0 Å². The van der Waals surface area contributed by atoms with Crippen molar-refractivity contribution >= 4 is 11.8 Å². The average Bonchev–Trinajstić information content (AvgIpc) is 2.48. The largest absolute Gasteiger partial charge is 0.387 e. The Kier molecular flexibility index (Phi) is 5.59. The van der Waals surface area contributed by atoms with E-state index in [1.807, 2.05) is 6.26 Å². The molecule has 0 saturated heterocycles. The van der Waals surface area contributed by atoms with Crippen LogP contribution in [0.25, 0.3) is 0 Å². The van der Waals surface area contributed by atoms with Gasteiger partial charge in [-0.05, 0) is 41.6 Å². The predicted octanol–water partition coefficient (Wildman–Crippen LogP) is 3.37. The molecule has 0 amide bonds. The van der Waals surface area contributed by atoms with E-state index in [0.29, 0.717) is 13.1 Å². The Balaban J connectivity index is 1.81. The minimum Gasteiger partial charge on any atom is -0.387 e. The van der Waals surface area contributed by atoms with Crippen molar-refractivity contribution in [3.63, 3.8) is 0 Å². The Morgan fingerprint density at radius 3 is 2.35 bits per heavy atom. The Bertz CT molecular complexity index is 527. The first kappa shape index (κ1) is 15.0. The maximum absolute atomic E-state index is 12.8. The van der Waals surface area contributed by atoms with Crippen LogP contribution in [0.2, 0.25) is 0 Å². The maximum atomic E-state index is 12.8. The third kappa shape index (κ3) is 4.34. The molecule has 2 N–H and O–H groups in total. The minimum absolute atomic E-state index is 0.289. The summed E-state index contributed by atoms with van der Waals surface area (Å²) in [5.74, 6) is -0.289. The van der Waals surface area contributed by atoms with Gasteiger partial charge in [-0.2, -0.15) is 0 Å². The summed E-state index contributed by atoms with van der Waals surface area (Å²) in [7, 11) is 0. The molecule has 0 spiro atoms. The van der Waals surface area contributed by atoms with Gasteiger partial charge in [0.1, 0.15) is 5.82 Å². The van der Waals surface area contributed by atoms with Crippen molar-refractivity contribution in [3.8, 4) is 0 Å². The number of benzene rings is 2. The van der Waals surface area contributed by atoms with Gasteiger partial charge in [-0.25, -0.2) is 4.39 Å². The second-order valence-corrected chi connectivity index (χ2v) is 5.43. The molecule has 0 fully saturated rings. The SMILES string of the molecule is CSc1ccc(CNCC(O)c2ccc(F)cc2)cc1. The highest BCUT2D eigenvalue weighted by molar-refractivity contribution is 7.98. The van der Waals surface area contributed by atoms with Crippen molar-refractivity contribution in [1.82, 2.24) is 5.32 Å². The van der Waals surface area contributed by atoms with Gasteiger partial charge in [-0.1, -0.05) is 24.3 Å². The molecule has 0 aromatic heterocycles. The van der Waals surface area contributed by atoms with Gasteiger partial charge >= 0.3 is 0 Å². The lowest BCUT2D eigenvalue weighted by Gasteiger charge is -2.12. The third-order valence-corrected chi connectivity index (χ3v) is 3.82. The molecule has 0 radical (unpaired) electrons. The Morgan fingerprint density at radius 2 is 1.75 bits per heavy atom. The first-order chi connectivity index (χ1) is 9.69.